The summed E-state index contributed by atoms with van der Waals surface area (Å²) in [4.78, 5) is 15.5. The monoisotopic (exact) mass is 296 g/mol. The van der Waals surface area contributed by atoms with E-state index < -0.39 is 0 Å². The fourth-order valence-electron chi connectivity index (χ4n) is 2.64. The van der Waals surface area contributed by atoms with E-state index in [4.69, 9.17) is 22.1 Å². The van der Waals surface area contributed by atoms with Gasteiger partial charge in [0.15, 0.2) is 5.78 Å². The quantitative estimate of drug-likeness (QED) is 0.670. The highest BCUT2D eigenvalue weighted by Crippen LogP contribution is 2.29. The first-order valence-electron chi connectivity index (χ1n) is 7.09. The molecule has 2 N–H and O–H groups in total. The molecule has 1 aliphatic carbocycles. The van der Waals surface area contributed by atoms with E-state index in [1.54, 1.807) is 6.07 Å². The van der Waals surface area contributed by atoms with Gasteiger partial charge in [-0.3, -0.25) is 4.79 Å². The second-order valence-corrected chi connectivity index (χ2v) is 5.88. The third-order valence-electron chi connectivity index (χ3n) is 3.99. The van der Waals surface area contributed by atoms with Gasteiger partial charge in [-0.05, 0) is 51.0 Å². The van der Waals surface area contributed by atoms with Crippen LogP contribution in [0.4, 0.5) is 0 Å². The molecule has 0 bridgehead atoms. The first-order chi connectivity index (χ1) is 9.60. The van der Waals surface area contributed by atoms with Gasteiger partial charge in [-0.25, -0.2) is 4.98 Å². The van der Waals surface area contributed by atoms with Crippen LogP contribution in [0.2, 0.25) is 5.15 Å². The molecule has 0 radical (unpaired) electrons. The first kappa shape index (κ1) is 15.3. The SMILES string of the molecule is CC(=O)c1cnc(Cl)cc1OCC1CCC(CN)CC1. The maximum absolute atomic E-state index is 11.5. The zero-order valence-electron chi connectivity index (χ0n) is 11.8. The van der Waals surface area contributed by atoms with Crippen LogP contribution in [0.25, 0.3) is 0 Å². The van der Waals surface area contributed by atoms with Gasteiger partial charge in [-0.1, -0.05) is 11.6 Å². The van der Waals surface area contributed by atoms with E-state index in [2.05, 4.69) is 4.98 Å². The zero-order chi connectivity index (χ0) is 14.5. The van der Waals surface area contributed by atoms with Gasteiger partial charge in [0.1, 0.15) is 10.9 Å². The molecule has 4 nitrogen and oxygen atoms in total. The van der Waals surface area contributed by atoms with E-state index in [-0.39, 0.29) is 5.78 Å². The highest BCUT2D eigenvalue weighted by atomic mass is 35.5. The maximum Gasteiger partial charge on any atom is 0.165 e. The van der Waals surface area contributed by atoms with E-state index in [0.717, 1.165) is 19.4 Å². The van der Waals surface area contributed by atoms with Crippen molar-refractivity contribution in [2.75, 3.05) is 13.2 Å². The summed E-state index contributed by atoms with van der Waals surface area (Å²) in [5.41, 5.74) is 6.18. The molecule has 0 saturated heterocycles. The van der Waals surface area contributed by atoms with Crippen molar-refractivity contribution < 1.29 is 9.53 Å². The Morgan fingerprint density at radius 3 is 2.65 bits per heavy atom. The highest BCUT2D eigenvalue weighted by Gasteiger charge is 2.21. The lowest BCUT2D eigenvalue weighted by Gasteiger charge is -2.27. The summed E-state index contributed by atoms with van der Waals surface area (Å²) >= 11 is 5.86. The van der Waals surface area contributed by atoms with Crippen LogP contribution in [-0.2, 0) is 0 Å². The third kappa shape index (κ3) is 3.93. The van der Waals surface area contributed by atoms with Crippen molar-refractivity contribution in [2.24, 2.45) is 17.6 Å². The molecule has 0 aliphatic heterocycles. The molecule has 0 atom stereocenters. The van der Waals surface area contributed by atoms with E-state index in [9.17, 15) is 4.79 Å². The predicted molar refractivity (Wildman–Crippen MR) is 79.2 cm³/mol. The van der Waals surface area contributed by atoms with Crippen LogP contribution in [0, 0.1) is 11.8 Å². The lowest BCUT2D eigenvalue weighted by Crippen LogP contribution is -2.24. The number of aromatic nitrogens is 1. The molecule has 2 rings (SSSR count). The molecule has 1 aromatic heterocycles. The fraction of sp³-hybridized carbons (Fsp3) is 0.600. The van der Waals surface area contributed by atoms with E-state index in [1.165, 1.54) is 26.0 Å². The standard InChI is InChI=1S/C15H21ClN2O2/c1-10(19)13-8-18-15(16)6-14(13)20-9-12-4-2-11(7-17)3-5-12/h6,8,11-12H,2-5,7,9,17H2,1H3. The van der Waals surface area contributed by atoms with Crippen LogP contribution in [0.3, 0.4) is 0 Å². The molecular formula is C15H21ClN2O2. The number of halogens is 1. The lowest BCUT2D eigenvalue weighted by molar-refractivity contribution is 0.101. The number of carbonyl (C=O) groups is 1. The van der Waals surface area contributed by atoms with Crippen molar-refractivity contribution >= 4 is 17.4 Å². The van der Waals surface area contributed by atoms with Crippen molar-refractivity contribution in [1.82, 2.24) is 4.98 Å². The van der Waals surface area contributed by atoms with Gasteiger partial charge in [-0.15, -0.1) is 0 Å². The Bertz CT molecular complexity index is 471. The van der Waals surface area contributed by atoms with Crippen LogP contribution in [0.1, 0.15) is 43.0 Å². The first-order valence-corrected chi connectivity index (χ1v) is 7.47. The molecule has 110 valence electrons. The Labute approximate surface area is 124 Å². The van der Waals surface area contributed by atoms with Gasteiger partial charge in [0.05, 0.1) is 12.2 Å². The number of hydrogen-bond donors (Lipinski definition) is 1. The topological polar surface area (TPSA) is 65.2 Å². The second-order valence-electron chi connectivity index (χ2n) is 5.49. The smallest absolute Gasteiger partial charge is 0.165 e. The highest BCUT2D eigenvalue weighted by molar-refractivity contribution is 6.29. The minimum atomic E-state index is -0.0593. The van der Waals surface area contributed by atoms with Gasteiger partial charge in [0.25, 0.3) is 0 Å². The number of rotatable bonds is 5. The molecule has 0 amide bonds. The van der Waals surface area contributed by atoms with Gasteiger partial charge in [0.2, 0.25) is 0 Å². The normalized spacial score (nSPS) is 22.6. The molecule has 5 heteroatoms. The van der Waals surface area contributed by atoms with E-state index in [1.807, 2.05) is 0 Å². The molecule has 0 unspecified atom stereocenters. The zero-order valence-corrected chi connectivity index (χ0v) is 12.5. The molecular weight excluding hydrogens is 276 g/mol. The number of pyridine rings is 1. The Morgan fingerprint density at radius 2 is 2.05 bits per heavy atom. The summed E-state index contributed by atoms with van der Waals surface area (Å²) in [6.07, 6.45) is 6.08. The fourth-order valence-corrected chi connectivity index (χ4v) is 2.79. The average Bonchev–Trinajstić information content (AvgIpc) is 2.45. The summed E-state index contributed by atoms with van der Waals surface area (Å²) in [5.74, 6) is 1.67. The molecule has 1 aliphatic rings. The number of carbonyl (C=O) groups excluding carboxylic acids is 1. The number of ether oxygens (including phenoxy) is 1. The van der Waals surface area contributed by atoms with E-state index >= 15 is 0 Å². The number of nitrogens with zero attached hydrogens (tertiary/aromatic N) is 1. The lowest BCUT2D eigenvalue weighted by atomic mass is 9.82. The van der Waals surface area contributed by atoms with Crippen molar-refractivity contribution in [2.45, 2.75) is 32.6 Å². The Hall–Kier alpha value is -1.13. The van der Waals surface area contributed by atoms with Crippen molar-refractivity contribution in [3.05, 3.63) is 23.0 Å². The van der Waals surface area contributed by atoms with Gasteiger partial charge in [0, 0.05) is 12.3 Å². The van der Waals surface area contributed by atoms with Gasteiger partial charge in [-0.2, -0.15) is 0 Å². The number of Topliss-reactive ketones (excluding diaryl/α,β-unsaturated/α-hetero) is 1. The summed E-state index contributed by atoms with van der Waals surface area (Å²) < 4.78 is 5.81. The summed E-state index contributed by atoms with van der Waals surface area (Å²) in [6.45, 7) is 2.91. The number of hydrogen-bond acceptors (Lipinski definition) is 4. The molecule has 1 aromatic rings. The number of ketones is 1. The van der Waals surface area contributed by atoms with Gasteiger partial charge < -0.3 is 10.5 Å². The van der Waals surface area contributed by atoms with Gasteiger partial charge >= 0.3 is 0 Å². The molecule has 1 saturated carbocycles. The molecule has 1 heterocycles. The third-order valence-corrected chi connectivity index (χ3v) is 4.19. The van der Waals surface area contributed by atoms with Crippen molar-refractivity contribution in [3.8, 4) is 5.75 Å². The van der Waals surface area contributed by atoms with Crippen LogP contribution in [0.15, 0.2) is 12.3 Å². The predicted octanol–water partition coefficient (Wildman–Crippen LogP) is 3.08. The Kier molecular flexibility index (Phi) is 5.38. The minimum Gasteiger partial charge on any atom is -0.492 e. The summed E-state index contributed by atoms with van der Waals surface area (Å²) in [7, 11) is 0. The maximum atomic E-state index is 11.5. The minimum absolute atomic E-state index is 0.0593. The number of nitrogens with two attached hydrogens (primary N) is 1. The molecule has 0 aromatic carbocycles. The van der Waals surface area contributed by atoms with E-state index in [0.29, 0.717) is 34.9 Å². The van der Waals surface area contributed by atoms with Crippen LogP contribution in [0.5, 0.6) is 5.75 Å². The summed E-state index contributed by atoms with van der Waals surface area (Å²) in [5, 5.41) is 0.344. The largest absolute Gasteiger partial charge is 0.492 e. The van der Waals surface area contributed by atoms with Crippen LogP contribution < -0.4 is 10.5 Å². The average molecular weight is 297 g/mol. The molecule has 20 heavy (non-hydrogen) atoms. The Balaban J connectivity index is 1.94. The molecule has 0 spiro atoms. The molecule has 1 fully saturated rings. The van der Waals surface area contributed by atoms with Crippen molar-refractivity contribution in [3.63, 3.8) is 0 Å². The van der Waals surface area contributed by atoms with Crippen molar-refractivity contribution in [1.29, 1.82) is 0 Å². The summed E-state index contributed by atoms with van der Waals surface area (Å²) in [6, 6.07) is 1.61. The van der Waals surface area contributed by atoms with Crippen LogP contribution >= 0.6 is 11.6 Å². The Morgan fingerprint density at radius 1 is 1.40 bits per heavy atom. The second kappa shape index (κ2) is 7.04. The van der Waals surface area contributed by atoms with Crippen LogP contribution in [-0.4, -0.2) is 23.9 Å².